The first-order chi connectivity index (χ1) is 8.34. The molecule has 0 radical (unpaired) electrons. The van der Waals surface area contributed by atoms with Crippen LogP contribution in [0.3, 0.4) is 0 Å². The Labute approximate surface area is 93.4 Å². The van der Waals surface area contributed by atoms with Gasteiger partial charge in [-0.3, -0.25) is 9.59 Å². The number of aliphatic carboxylic acids is 2. The smallest absolute Gasteiger partial charge is 0.310 e. The minimum atomic E-state index is -1.70. The van der Waals surface area contributed by atoms with Gasteiger partial charge in [-0.1, -0.05) is 0 Å². The Hall–Kier alpha value is -1.18. The summed E-state index contributed by atoms with van der Waals surface area (Å²) in [7, 11) is -1.70. The molecule has 7 atom stereocenters. The molecule has 2 aliphatic heterocycles. The Morgan fingerprint density at radius 3 is 2.44 bits per heavy atom. The molecule has 90 valence electrons. The molecule has 2 rings (SSSR count). The Bertz CT molecular complexity index is 374. The van der Waals surface area contributed by atoms with Gasteiger partial charge in [0, 0.05) is 7.06 Å². The molecule has 0 aromatic heterocycles. The molecule has 7 heteroatoms. The number of aliphatic hydroxyl groups is 1. The first-order valence-electron chi connectivity index (χ1n) is 5.79. The highest BCUT2D eigenvalue weighted by Gasteiger charge is 2.64. The van der Waals surface area contributed by atoms with Gasteiger partial charge >= 0.3 is 11.9 Å². The number of carboxylic acid groups (broad SMARTS) is 2. The zero-order chi connectivity index (χ0) is 13.6. The Morgan fingerprint density at radius 2 is 1.94 bits per heavy atom. The second-order valence-electron chi connectivity index (χ2n) is 3.88. The molecule has 5 unspecified atom stereocenters. The third-order valence-corrected chi connectivity index (χ3v) is 3.13. The van der Waals surface area contributed by atoms with Gasteiger partial charge in [-0.15, -0.1) is 0 Å². The van der Waals surface area contributed by atoms with Gasteiger partial charge in [0.15, 0.2) is 0 Å². The number of carboxylic acids is 2. The number of hydrogen-bond donors (Lipinski definition) is 3. The van der Waals surface area contributed by atoms with E-state index in [1.54, 1.807) is 0 Å². The molecule has 0 spiro atoms. The minimum Gasteiger partial charge on any atom is -0.481 e. The van der Waals surface area contributed by atoms with Gasteiger partial charge in [0.2, 0.25) is 0 Å². The normalized spacial score (nSPS) is 49.6. The van der Waals surface area contributed by atoms with Crippen LogP contribution in [0.25, 0.3) is 0 Å². The highest BCUT2D eigenvalue weighted by Crippen LogP contribution is 2.45. The van der Waals surface area contributed by atoms with Crippen molar-refractivity contribution in [2.45, 2.75) is 24.4 Å². The number of rotatable bonds is 3. The molecule has 2 aliphatic rings. The van der Waals surface area contributed by atoms with Crippen LogP contribution in [0.15, 0.2) is 0 Å². The summed E-state index contributed by atoms with van der Waals surface area (Å²) in [6.07, 6.45) is -4.84. The van der Waals surface area contributed by atoms with Crippen LogP contribution in [0, 0.1) is 11.8 Å². The lowest BCUT2D eigenvalue weighted by molar-refractivity contribution is -0.159. The van der Waals surface area contributed by atoms with Crippen molar-refractivity contribution < 1.29 is 37.1 Å². The van der Waals surface area contributed by atoms with Crippen molar-refractivity contribution >= 4 is 11.9 Å². The summed E-state index contributed by atoms with van der Waals surface area (Å²) in [5.41, 5.74) is 0. The van der Waals surface area contributed by atoms with E-state index in [1.807, 2.05) is 0 Å². The van der Waals surface area contributed by atoms with Crippen molar-refractivity contribution in [3.8, 4) is 0 Å². The molecule has 3 N–H and O–H groups in total. The molecule has 0 amide bonds. The van der Waals surface area contributed by atoms with Crippen LogP contribution in [0.4, 0.5) is 0 Å². The van der Waals surface area contributed by atoms with Crippen LogP contribution in [-0.4, -0.2) is 58.7 Å². The maximum Gasteiger partial charge on any atom is 0.310 e. The summed E-state index contributed by atoms with van der Waals surface area (Å²) < 4.78 is 23.8. The van der Waals surface area contributed by atoms with Crippen LogP contribution in [-0.2, 0) is 19.1 Å². The third kappa shape index (κ3) is 1.32. The molecular formula is C9H12O7. The standard InChI is InChI=1S/C9H12O7/c1-15-7-4(10)5-2(8(11)12)3(9(13)14)6(7)16-5/h2-7,10H,1H3,(H,11,12)(H,13,14)/t2?,3?,4?,5?,6-,7-/m0/s1/i1TD/t1?,2?,3?,4?,5?,6-,7-. The lowest BCUT2D eigenvalue weighted by Crippen LogP contribution is -2.52. The number of ether oxygens (including phenoxy) is 2. The summed E-state index contributed by atoms with van der Waals surface area (Å²) in [4.78, 5) is 22.1. The predicted molar refractivity (Wildman–Crippen MR) is 47.7 cm³/mol. The van der Waals surface area contributed by atoms with Crippen LogP contribution < -0.4 is 0 Å². The average molecular weight is 235 g/mol. The number of aliphatic hydroxyl groups excluding tert-OH is 1. The fourth-order valence-electron chi connectivity index (χ4n) is 2.46. The zero-order valence-corrected chi connectivity index (χ0v) is 8.02. The van der Waals surface area contributed by atoms with Crippen molar-refractivity contribution in [2.75, 3.05) is 7.06 Å². The minimum absolute atomic E-state index is 1.15. The molecule has 0 saturated carbocycles. The fraction of sp³-hybridized carbons (Fsp3) is 0.778. The van der Waals surface area contributed by atoms with Gasteiger partial charge in [-0.05, 0) is 0 Å². The summed E-state index contributed by atoms with van der Waals surface area (Å²) in [5.74, 6) is -5.42. The van der Waals surface area contributed by atoms with E-state index in [1.165, 1.54) is 0 Å². The largest absolute Gasteiger partial charge is 0.481 e. The first-order valence-corrected chi connectivity index (χ1v) is 4.63. The van der Waals surface area contributed by atoms with Gasteiger partial charge in [0.1, 0.15) is 36.3 Å². The third-order valence-electron chi connectivity index (χ3n) is 3.13. The number of methoxy groups -OCH3 is 1. The molecule has 2 saturated heterocycles. The number of fused-ring (bicyclic) bond motifs is 2. The topological polar surface area (TPSA) is 113 Å². The van der Waals surface area contributed by atoms with Crippen molar-refractivity contribution in [1.29, 1.82) is 0 Å². The van der Waals surface area contributed by atoms with Crippen molar-refractivity contribution in [3.63, 3.8) is 0 Å². The van der Waals surface area contributed by atoms with Crippen LogP contribution in [0.2, 0.25) is 0 Å². The lowest BCUT2D eigenvalue weighted by Gasteiger charge is -2.30. The molecular weight excluding hydrogens is 220 g/mol. The van der Waals surface area contributed by atoms with E-state index < -0.39 is 55.3 Å². The zero-order valence-electron chi connectivity index (χ0n) is 10.0. The van der Waals surface area contributed by atoms with E-state index in [-0.39, 0.29) is 0 Å². The second-order valence-corrected chi connectivity index (χ2v) is 3.88. The van der Waals surface area contributed by atoms with Crippen molar-refractivity contribution in [1.82, 2.24) is 0 Å². The SMILES string of the molecule is [2H]C([3H])O[C@H]1C(O)C2O[C@H]1C(C(=O)O)C2C(=O)O. The number of carbonyl (C=O) groups is 2. The molecule has 0 aromatic carbocycles. The summed E-state index contributed by atoms with van der Waals surface area (Å²) in [6, 6.07) is 0. The van der Waals surface area contributed by atoms with Crippen molar-refractivity contribution in [3.05, 3.63) is 0 Å². The molecule has 2 fully saturated rings. The Balaban J connectivity index is 2.25. The molecule has 16 heavy (non-hydrogen) atoms. The molecule has 2 heterocycles. The molecule has 2 bridgehead atoms. The summed E-state index contributed by atoms with van der Waals surface area (Å²) in [5, 5.41) is 27.8. The van der Waals surface area contributed by atoms with Crippen LogP contribution in [0.5, 0.6) is 0 Å². The van der Waals surface area contributed by atoms with Crippen LogP contribution in [0.1, 0.15) is 2.74 Å². The van der Waals surface area contributed by atoms with E-state index >= 15 is 0 Å². The van der Waals surface area contributed by atoms with E-state index in [9.17, 15) is 14.7 Å². The maximum absolute atomic E-state index is 11.1. The van der Waals surface area contributed by atoms with Gasteiger partial charge in [-0.25, -0.2) is 0 Å². The van der Waals surface area contributed by atoms with E-state index in [4.69, 9.17) is 22.4 Å². The summed E-state index contributed by atoms with van der Waals surface area (Å²) >= 11 is 0. The predicted octanol–water partition coefficient (Wildman–Crippen LogP) is -1.46. The van der Waals surface area contributed by atoms with E-state index in [0.717, 1.165) is 0 Å². The van der Waals surface area contributed by atoms with Gasteiger partial charge < -0.3 is 24.8 Å². The Kier molecular flexibility index (Phi) is 2.05. The monoisotopic (exact) mass is 235 g/mol. The van der Waals surface area contributed by atoms with E-state index in [0.29, 0.717) is 0 Å². The van der Waals surface area contributed by atoms with Crippen molar-refractivity contribution in [2.24, 2.45) is 11.8 Å². The summed E-state index contributed by atoms with van der Waals surface area (Å²) in [6.45, 7) is 0. The van der Waals surface area contributed by atoms with Gasteiger partial charge in [0.25, 0.3) is 0 Å². The first kappa shape index (κ1) is 8.91. The molecule has 7 nitrogen and oxygen atoms in total. The average Bonchev–Trinajstić information content (AvgIpc) is 2.75. The second kappa shape index (κ2) is 3.69. The highest BCUT2D eigenvalue weighted by molar-refractivity contribution is 5.82. The molecule has 0 aliphatic carbocycles. The maximum atomic E-state index is 11.1. The van der Waals surface area contributed by atoms with Gasteiger partial charge in [0.05, 0.1) is 2.74 Å². The Morgan fingerprint density at radius 1 is 1.38 bits per heavy atom. The number of hydrogen-bond acceptors (Lipinski definition) is 5. The fourth-order valence-corrected chi connectivity index (χ4v) is 2.46. The van der Waals surface area contributed by atoms with Gasteiger partial charge in [-0.2, -0.15) is 0 Å². The van der Waals surface area contributed by atoms with Crippen LogP contribution >= 0.6 is 0 Å². The highest BCUT2D eigenvalue weighted by atomic mass is 16.6. The van der Waals surface area contributed by atoms with E-state index in [2.05, 4.69) is 0 Å². The lowest BCUT2D eigenvalue weighted by atomic mass is 9.76. The quantitative estimate of drug-likeness (QED) is 0.548. The molecule has 0 aromatic rings.